The van der Waals surface area contributed by atoms with Crippen LogP contribution in [0.25, 0.3) is 0 Å². The molecule has 0 unspecified atom stereocenters. The summed E-state index contributed by atoms with van der Waals surface area (Å²) in [6, 6.07) is 11.9. The molecule has 0 saturated heterocycles. The summed E-state index contributed by atoms with van der Waals surface area (Å²) in [5.74, 6) is 0.891. The van der Waals surface area contributed by atoms with Crippen molar-refractivity contribution in [3.63, 3.8) is 0 Å². The number of hydrogen-bond acceptors (Lipinski definition) is 2. The Morgan fingerprint density at radius 1 is 1.20 bits per heavy atom. The van der Waals surface area contributed by atoms with Crippen molar-refractivity contribution in [3.05, 3.63) is 58.1 Å². The van der Waals surface area contributed by atoms with Crippen LogP contribution in [0.3, 0.4) is 0 Å². The number of hydrogen-bond donors (Lipinski definition) is 1. The van der Waals surface area contributed by atoms with Gasteiger partial charge >= 0.3 is 0 Å². The van der Waals surface area contributed by atoms with E-state index in [1.54, 1.807) is 42.5 Å². The monoisotopic (exact) mass is 309 g/mol. The van der Waals surface area contributed by atoms with Gasteiger partial charge in [0.25, 0.3) is 5.91 Å². The summed E-state index contributed by atoms with van der Waals surface area (Å²) in [5, 5.41) is 3.69. The molecule has 0 atom stereocenters. The molecule has 0 aliphatic carbocycles. The second kappa shape index (κ2) is 6.64. The maximum atomic E-state index is 11.8. The average molecular weight is 310 g/mol. The van der Waals surface area contributed by atoms with Crippen LogP contribution >= 0.6 is 23.2 Å². The lowest BCUT2D eigenvalue weighted by Crippen LogP contribution is -2.22. The number of carbonyl (C=O) groups is 1. The highest BCUT2D eigenvalue weighted by atomic mass is 35.5. The molecule has 1 N–H and O–H groups in total. The molecule has 0 saturated carbocycles. The summed E-state index contributed by atoms with van der Waals surface area (Å²) in [5.41, 5.74) is 0.537. The molecule has 0 heterocycles. The summed E-state index contributed by atoms with van der Waals surface area (Å²) in [6.07, 6.45) is 0. The van der Waals surface area contributed by atoms with Crippen LogP contribution < -0.4 is 10.1 Å². The van der Waals surface area contributed by atoms with Gasteiger partial charge in [-0.05, 0) is 43.3 Å². The predicted octanol–water partition coefficient (Wildman–Crippen LogP) is 4.54. The third kappa shape index (κ3) is 3.65. The normalized spacial score (nSPS) is 10.2. The van der Waals surface area contributed by atoms with Crippen LogP contribution in [0.5, 0.6) is 11.5 Å². The van der Waals surface area contributed by atoms with E-state index in [0.717, 1.165) is 0 Å². The SMILES string of the molecule is CCNC(=O)c1cccc(Oc2ccc(Cl)cc2Cl)c1. The Bertz CT molecular complexity index is 629. The largest absolute Gasteiger partial charge is 0.456 e. The lowest BCUT2D eigenvalue weighted by molar-refractivity contribution is 0.0955. The van der Waals surface area contributed by atoms with Gasteiger partial charge in [0.1, 0.15) is 11.5 Å². The number of ether oxygens (including phenoxy) is 1. The second-order valence-electron chi connectivity index (χ2n) is 4.06. The molecule has 2 aromatic rings. The molecule has 0 fully saturated rings. The van der Waals surface area contributed by atoms with Gasteiger partial charge < -0.3 is 10.1 Å². The zero-order valence-electron chi connectivity index (χ0n) is 10.8. The molecule has 20 heavy (non-hydrogen) atoms. The molecule has 0 aliphatic rings. The van der Waals surface area contributed by atoms with Crippen LogP contribution in [0.15, 0.2) is 42.5 Å². The predicted molar refractivity (Wildman–Crippen MR) is 81.0 cm³/mol. The third-order valence-corrected chi connectivity index (χ3v) is 3.09. The van der Waals surface area contributed by atoms with Crippen LogP contribution in [0.2, 0.25) is 10.0 Å². The maximum Gasteiger partial charge on any atom is 0.251 e. The van der Waals surface area contributed by atoms with E-state index in [9.17, 15) is 4.79 Å². The Balaban J connectivity index is 2.21. The first kappa shape index (κ1) is 14.7. The highest BCUT2D eigenvalue weighted by molar-refractivity contribution is 6.35. The van der Waals surface area contributed by atoms with E-state index in [1.807, 2.05) is 6.92 Å². The molecule has 0 spiro atoms. The van der Waals surface area contributed by atoms with E-state index in [1.165, 1.54) is 0 Å². The fourth-order valence-electron chi connectivity index (χ4n) is 1.65. The molecule has 1 amide bonds. The van der Waals surface area contributed by atoms with Crippen molar-refractivity contribution in [3.8, 4) is 11.5 Å². The van der Waals surface area contributed by atoms with Crippen molar-refractivity contribution < 1.29 is 9.53 Å². The van der Waals surface area contributed by atoms with Crippen molar-refractivity contribution in [2.45, 2.75) is 6.92 Å². The lowest BCUT2D eigenvalue weighted by atomic mass is 10.2. The number of nitrogens with one attached hydrogen (secondary N) is 1. The number of rotatable bonds is 4. The van der Waals surface area contributed by atoms with Crippen LogP contribution in [-0.2, 0) is 0 Å². The Kier molecular flexibility index (Phi) is 4.88. The standard InChI is InChI=1S/C15H13Cl2NO2/c1-2-18-15(19)10-4-3-5-12(8-10)20-14-7-6-11(16)9-13(14)17/h3-9H,2H2,1H3,(H,18,19). The van der Waals surface area contributed by atoms with Crippen molar-refractivity contribution in [2.75, 3.05) is 6.54 Å². The molecule has 2 aromatic carbocycles. The first-order valence-corrected chi connectivity index (χ1v) is 6.87. The lowest BCUT2D eigenvalue weighted by Gasteiger charge is -2.09. The van der Waals surface area contributed by atoms with E-state index in [-0.39, 0.29) is 5.91 Å². The third-order valence-electron chi connectivity index (χ3n) is 2.56. The smallest absolute Gasteiger partial charge is 0.251 e. The zero-order valence-corrected chi connectivity index (χ0v) is 12.3. The number of halogens is 2. The molecule has 5 heteroatoms. The minimum atomic E-state index is -0.139. The van der Waals surface area contributed by atoms with Crippen molar-refractivity contribution >= 4 is 29.1 Å². The minimum absolute atomic E-state index is 0.139. The molecule has 0 bridgehead atoms. The highest BCUT2D eigenvalue weighted by Crippen LogP contribution is 2.31. The molecule has 0 aromatic heterocycles. The Labute approximate surface area is 127 Å². The molecular weight excluding hydrogens is 297 g/mol. The molecule has 0 aliphatic heterocycles. The quantitative estimate of drug-likeness (QED) is 0.900. The van der Waals surface area contributed by atoms with Crippen molar-refractivity contribution in [1.82, 2.24) is 5.32 Å². The summed E-state index contributed by atoms with van der Waals surface area (Å²) < 4.78 is 5.66. The van der Waals surface area contributed by atoms with Gasteiger partial charge in [-0.2, -0.15) is 0 Å². The van der Waals surface area contributed by atoms with E-state index in [4.69, 9.17) is 27.9 Å². The van der Waals surface area contributed by atoms with Gasteiger partial charge in [0.2, 0.25) is 0 Å². The summed E-state index contributed by atoms with van der Waals surface area (Å²) >= 11 is 11.9. The van der Waals surface area contributed by atoms with Gasteiger partial charge in [-0.3, -0.25) is 4.79 Å². The number of carbonyl (C=O) groups excluding carboxylic acids is 1. The van der Waals surface area contributed by atoms with E-state index in [0.29, 0.717) is 33.7 Å². The van der Waals surface area contributed by atoms with Crippen LogP contribution in [0.4, 0.5) is 0 Å². The molecule has 104 valence electrons. The van der Waals surface area contributed by atoms with Gasteiger partial charge in [-0.25, -0.2) is 0 Å². The number of benzene rings is 2. The zero-order chi connectivity index (χ0) is 14.5. The first-order valence-electron chi connectivity index (χ1n) is 6.11. The van der Waals surface area contributed by atoms with E-state index in [2.05, 4.69) is 5.32 Å². The van der Waals surface area contributed by atoms with E-state index >= 15 is 0 Å². The second-order valence-corrected chi connectivity index (χ2v) is 4.91. The fourth-order valence-corrected chi connectivity index (χ4v) is 2.10. The highest BCUT2D eigenvalue weighted by Gasteiger charge is 2.08. The Morgan fingerprint density at radius 3 is 2.70 bits per heavy atom. The minimum Gasteiger partial charge on any atom is -0.456 e. The number of amides is 1. The van der Waals surface area contributed by atoms with Crippen molar-refractivity contribution in [1.29, 1.82) is 0 Å². The molecular formula is C15H13Cl2NO2. The average Bonchev–Trinajstić information content (AvgIpc) is 2.43. The van der Waals surface area contributed by atoms with Crippen molar-refractivity contribution in [2.24, 2.45) is 0 Å². The first-order chi connectivity index (χ1) is 9.60. The summed E-state index contributed by atoms with van der Waals surface area (Å²) in [7, 11) is 0. The van der Waals surface area contributed by atoms with Crippen LogP contribution in [0, 0.1) is 0 Å². The molecule has 2 rings (SSSR count). The van der Waals surface area contributed by atoms with Gasteiger partial charge in [-0.1, -0.05) is 29.3 Å². The van der Waals surface area contributed by atoms with Crippen LogP contribution in [-0.4, -0.2) is 12.5 Å². The fraction of sp³-hybridized carbons (Fsp3) is 0.133. The molecule has 3 nitrogen and oxygen atoms in total. The topological polar surface area (TPSA) is 38.3 Å². The molecule has 0 radical (unpaired) electrons. The van der Waals surface area contributed by atoms with Crippen LogP contribution in [0.1, 0.15) is 17.3 Å². The van der Waals surface area contributed by atoms with Gasteiger partial charge in [0, 0.05) is 17.1 Å². The summed E-state index contributed by atoms with van der Waals surface area (Å²) in [4.78, 5) is 11.8. The Morgan fingerprint density at radius 2 is 2.00 bits per heavy atom. The van der Waals surface area contributed by atoms with Gasteiger partial charge in [0.05, 0.1) is 5.02 Å². The maximum absolute atomic E-state index is 11.8. The van der Waals surface area contributed by atoms with E-state index < -0.39 is 0 Å². The summed E-state index contributed by atoms with van der Waals surface area (Å²) in [6.45, 7) is 2.44. The van der Waals surface area contributed by atoms with Gasteiger partial charge in [0.15, 0.2) is 0 Å². The van der Waals surface area contributed by atoms with Gasteiger partial charge in [-0.15, -0.1) is 0 Å². The Hall–Kier alpha value is -1.71.